The Morgan fingerprint density at radius 2 is 2.09 bits per heavy atom. The zero-order valence-corrected chi connectivity index (χ0v) is 14.1. The minimum absolute atomic E-state index is 0.0718. The summed E-state index contributed by atoms with van der Waals surface area (Å²) in [6.45, 7) is 8.89. The van der Waals surface area contributed by atoms with Gasteiger partial charge in [-0.3, -0.25) is 0 Å². The second-order valence-electron chi connectivity index (χ2n) is 6.49. The van der Waals surface area contributed by atoms with Crippen LogP contribution >= 0.6 is 0 Å². The number of benzene rings is 1. The lowest BCUT2D eigenvalue weighted by Gasteiger charge is -2.24. The van der Waals surface area contributed by atoms with Crippen LogP contribution in [0.1, 0.15) is 45.7 Å². The highest BCUT2D eigenvalue weighted by Crippen LogP contribution is 2.13. The molecule has 1 rings (SSSR count). The predicted octanol–water partition coefficient (Wildman–Crippen LogP) is 3.73. The highest BCUT2D eigenvalue weighted by Gasteiger charge is 2.19. The molecule has 5 heteroatoms. The third-order valence-corrected chi connectivity index (χ3v) is 3.17. The van der Waals surface area contributed by atoms with E-state index in [0.29, 0.717) is 6.54 Å². The summed E-state index contributed by atoms with van der Waals surface area (Å²) in [6.07, 6.45) is 0.487. The van der Waals surface area contributed by atoms with E-state index in [1.165, 1.54) is 12.1 Å². The monoisotopic (exact) mass is 310 g/mol. The maximum absolute atomic E-state index is 13.2. The molecule has 0 fully saturated rings. The van der Waals surface area contributed by atoms with E-state index in [1.807, 2.05) is 33.8 Å². The molecule has 1 amide bonds. The summed E-state index contributed by atoms with van der Waals surface area (Å²) in [4.78, 5) is 13.4. The molecule has 0 aliphatic rings. The maximum Gasteiger partial charge on any atom is 0.410 e. The fraction of sp³-hybridized carbons (Fsp3) is 0.588. The predicted molar refractivity (Wildman–Crippen MR) is 86.3 cm³/mol. The number of nitrogens with one attached hydrogen (secondary N) is 1. The summed E-state index contributed by atoms with van der Waals surface area (Å²) >= 11 is 0. The molecule has 0 saturated carbocycles. The first-order valence-electron chi connectivity index (χ1n) is 7.62. The van der Waals surface area contributed by atoms with Crippen LogP contribution in [0, 0.1) is 5.82 Å². The standard InChI is InChI=1S/C17H27FN2O2/c1-13(14-8-6-9-15(18)12-14)19-10-7-11-20(5)16(21)22-17(2,3)4/h6,8-9,12-13,19H,7,10-11H2,1-5H3. The molecule has 124 valence electrons. The Hall–Kier alpha value is -1.62. The number of rotatable bonds is 6. The van der Waals surface area contributed by atoms with E-state index >= 15 is 0 Å². The average molecular weight is 310 g/mol. The van der Waals surface area contributed by atoms with Gasteiger partial charge in [-0.25, -0.2) is 9.18 Å². The Morgan fingerprint density at radius 3 is 2.68 bits per heavy atom. The molecule has 4 nitrogen and oxygen atoms in total. The second kappa shape index (κ2) is 8.13. The molecule has 0 aromatic heterocycles. The van der Waals surface area contributed by atoms with Crippen LogP contribution in [0.5, 0.6) is 0 Å². The number of carbonyl (C=O) groups is 1. The summed E-state index contributed by atoms with van der Waals surface area (Å²) in [5, 5.41) is 3.32. The molecule has 22 heavy (non-hydrogen) atoms. The molecule has 0 aliphatic heterocycles. The topological polar surface area (TPSA) is 41.6 Å². The number of hydrogen-bond acceptors (Lipinski definition) is 3. The van der Waals surface area contributed by atoms with Crippen LogP contribution in [0.4, 0.5) is 9.18 Å². The van der Waals surface area contributed by atoms with Crippen LogP contribution in [0.2, 0.25) is 0 Å². The fourth-order valence-electron chi connectivity index (χ4n) is 1.96. The van der Waals surface area contributed by atoms with E-state index in [-0.39, 0.29) is 18.0 Å². The molecule has 0 spiro atoms. The van der Waals surface area contributed by atoms with Crippen molar-refractivity contribution >= 4 is 6.09 Å². The van der Waals surface area contributed by atoms with Crippen molar-refractivity contribution in [3.05, 3.63) is 35.6 Å². The Labute approximate surface area is 132 Å². The summed E-state index contributed by atoms with van der Waals surface area (Å²) in [6, 6.07) is 6.64. The normalized spacial score (nSPS) is 12.8. The first kappa shape index (κ1) is 18.4. The van der Waals surface area contributed by atoms with Crippen molar-refractivity contribution in [1.29, 1.82) is 0 Å². The first-order chi connectivity index (χ1) is 10.2. The van der Waals surface area contributed by atoms with Gasteiger partial charge in [0.2, 0.25) is 0 Å². The van der Waals surface area contributed by atoms with Crippen LogP contribution in [-0.2, 0) is 4.74 Å². The second-order valence-corrected chi connectivity index (χ2v) is 6.49. The van der Waals surface area contributed by atoms with Crippen LogP contribution in [0.3, 0.4) is 0 Å². The highest BCUT2D eigenvalue weighted by atomic mass is 19.1. The molecule has 0 aliphatic carbocycles. The van der Waals surface area contributed by atoms with Crippen molar-refractivity contribution in [1.82, 2.24) is 10.2 Å². The maximum atomic E-state index is 13.2. The van der Waals surface area contributed by atoms with Gasteiger partial charge in [0.25, 0.3) is 0 Å². The molecule has 1 aromatic rings. The molecular formula is C17H27FN2O2. The van der Waals surface area contributed by atoms with Crippen molar-refractivity contribution in [3.63, 3.8) is 0 Å². The van der Waals surface area contributed by atoms with Gasteiger partial charge in [0, 0.05) is 19.6 Å². The van der Waals surface area contributed by atoms with E-state index in [9.17, 15) is 9.18 Å². The molecule has 1 unspecified atom stereocenters. The lowest BCUT2D eigenvalue weighted by Crippen LogP contribution is -2.35. The number of amides is 1. The van der Waals surface area contributed by atoms with Gasteiger partial charge in [-0.2, -0.15) is 0 Å². The lowest BCUT2D eigenvalue weighted by atomic mass is 10.1. The molecular weight excluding hydrogens is 283 g/mol. The van der Waals surface area contributed by atoms with Gasteiger partial charge in [0.15, 0.2) is 0 Å². The average Bonchev–Trinajstić information content (AvgIpc) is 2.41. The largest absolute Gasteiger partial charge is 0.444 e. The molecule has 0 bridgehead atoms. The van der Waals surface area contributed by atoms with Crippen molar-refractivity contribution < 1.29 is 13.9 Å². The minimum atomic E-state index is -0.477. The van der Waals surface area contributed by atoms with Crippen molar-refractivity contribution in [3.8, 4) is 0 Å². The first-order valence-corrected chi connectivity index (χ1v) is 7.62. The third-order valence-electron chi connectivity index (χ3n) is 3.17. The Bertz CT molecular complexity index is 486. The zero-order valence-electron chi connectivity index (χ0n) is 14.1. The van der Waals surface area contributed by atoms with E-state index in [0.717, 1.165) is 18.5 Å². The third kappa shape index (κ3) is 6.89. The molecule has 0 heterocycles. The van der Waals surface area contributed by atoms with Crippen LogP contribution in [-0.4, -0.2) is 36.7 Å². The van der Waals surface area contributed by atoms with E-state index in [2.05, 4.69) is 5.32 Å². The summed E-state index contributed by atoms with van der Waals surface area (Å²) in [5.41, 5.74) is 0.440. The van der Waals surface area contributed by atoms with Gasteiger partial charge in [0.05, 0.1) is 0 Å². The van der Waals surface area contributed by atoms with Gasteiger partial charge >= 0.3 is 6.09 Å². The Morgan fingerprint density at radius 1 is 1.41 bits per heavy atom. The molecule has 0 radical (unpaired) electrons. The van der Waals surface area contributed by atoms with Crippen molar-refractivity contribution in [2.24, 2.45) is 0 Å². The highest BCUT2D eigenvalue weighted by molar-refractivity contribution is 5.67. The molecule has 1 aromatic carbocycles. The van der Waals surface area contributed by atoms with Gasteiger partial charge < -0.3 is 15.0 Å². The van der Waals surface area contributed by atoms with Crippen molar-refractivity contribution in [2.45, 2.75) is 45.8 Å². The summed E-state index contributed by atoms with van der Waals surface area (Å²) in [7, 11) is 1.73. The van der Waals surface area contributed by atoms with Gasteiger partial charge in [-0.15, -0.1) is 0 Å². The van der Waals surface area contributed by atoms with Crippen LogP contribution in [0.15, 0.2) is 24.3 Å². The minimum Gasteiger partial charge on any atom is -0.444 e. The Balaban J connectivity index is 2.28. The number of carbonyl (C=O) groups excluding carboxylic acids is 1. The van der Waals surface area contributed by atoms with Gasteiger partial charge in [0.1, 0.15) is 11.4 Å². The number of hydrogen-bond donors (Lipinski definition) is 1. The Kier molecular flexibility index (Phi) is 6.81. The quantitative estimate of drug-likeness (QED) is 0.814. The van der Waals surface area contributed by atoms with Gasteiger partial charge in [-0.05, 0) is 58.4 Å². The molecule has 1 N–H and O–H groups in total. The SMILES string of the molecule is CC(NCCCN(C)C(=O)OC(C)(C)C)c1cccc(F)c1. The smallest absolute Gasteiger partial charge is 0.410 e. The number of ether oxygens (including phenoxy) is 1. The van der Waals surface area contributed by atoms with Crippen molar-refractivity contribution in [2.75, 3.05) is 20.1 Å². The summed E-state index contributed by atoms with van der Waals surface area (Å²) in [5.74, 6) is -0.226. The molecule has 0 saturated heterocycles. The van der Waals surface area contributed by atoms with Crippen LogP contribution in [0.25, 0.3) is 0 Å². The molecule has 1 atom stereocenters. The number of halogens is 1. The fourth-order valence-corrected chi connectivity index (χ4v) is 1.96. The van der Waals surface area contributed by atoms with Crippen LogP contribution < -0.4 is 5.32 Å². The van der Waals surface area contributed by atoms with Gasteiger partial charge in [-0.1, -0.05) is 12.1 Å². The van der Waals surface area contributed by atoms with E-state index in [1.54, 1.807) is 18.0 Å². The van der Waals surface area contributed by atoms with E-state index in [4.69, 9.17) is 4.74 Å². The zero-order chi connectivity index (χ0) is 16.8. The van der Waals surface area contributed by atoms with E-state index < -0.39 is 5.60 Å². The lowest BCUT2D eigenvalue weighted by molar-refractivity contribution is 0.0297. The number of nitrogens with zero attached hydrogens (tertiary/aromatic N) is 1. The summed E-state index contributed by atoms with van der Waals surface area (Å²) < 4.78 is 18.4.